The second-order valence-corrected chi connectivity index (χ2v) is 10.3. The molecule has 2 heterocycles. The number of hydrogen-bond acceptors (Lipinski definition) is 6. The first kappa shape index (κ1) is 19.3. The number of sulfone groups is 1. The van der Waals surface area contributed by atoms with Gasteiger partial charge in [-0.2, -0.15) is 0 Å². The van der Waals surface area contributed by atoms with Crippen molar-refractivity contribution in [3.8, 4) is 5.75 Å². The first-order valence-corrected chi connectivity index (χ1v) is 12.2. The van der Waals surface area contributed by atoms with Crippen LogP contribution >= 0.6 is 11.8 Å². The molecule has 0 spiro atoms. The highest BCUT2D eigenvalue weighted by Crippen LogP contribution is 2.32. The van der Waals surface area contributed by atoms with Crippen LogP contribution in [0, 0.1) is 0 Å². The second kappa shape index (κ2) is 8.17. The summed E-state index contributed by atoms with van der Waals surface area (Å²) >= 11 is 1.69. The van der Waals surface area contributed by atoms with E-state index in [4.69, 9.17) is 9.73 Å². The Morgan fingerprint density at radius 2 is 1.82 bits per heavy atom. The summed E-state index contributed by atoms with van der Waals surface area (Å²) in [6.45, 7) is 0.787. The molecule has 2 atom stereocenters. The van der Waals surface area contributed by atoms with Gasteiger partial charge in [-0.25, -0.2) is 8.42 Å². The second-order valence-electron chi connectivity index (χ2n) is 7.19. The molecule has 1 fully saturated rings. The van der Waals surface area contributed by atoms with Crippen LogP contribution in [0.5, 0.6) is 5.75 Å². The van der Waals surface area contributed by atoms with Crippen molar-refractivity contribution in [2.45, 2.75) is 24.3 Å². The quantitative estimate of drug-likeness (QED) is 0.725. The molecule has 5 nitrogen and oxygen atoms in total. The normalized spacial score (nSPS) is 22.8. The molecular weight excluding hydrogens is 392 g/mol. The van der Waals surface area contributed by atoms with Crippen molar-refractivity contribution >= 4 is 26.8 Å². The minimum absolute atomic E-state index is 0.0212. The standard InChI is InChI=1S/C21H24N2O3S2/c1-26-18-9-7-17(8-10-18)13-27-21-22-19-14-28(24,25)15-20(19)23(21)12-11-16-5-3-2-4-6-16/h2-10,19-20H,11-15H2,1H3/t19-,20-/m1/s1. The van der Waals surface area contributed by atoms with E-state index in [1.807, 2.05) is 30.3 Å². The summed E-state index contributed by atoms with van der Waals surface area (Å²) in [7, 11) is -1.33. The third-order valence-corrected chi connectivity index (χ3v) is 8.00. The molecule has 2 aliphatic rings. The third-order valence-electron chi connectivity index (χ3n) is 5.23. The fourth-order valence-electron chi connectivity index (χ4n) is 3.73. The van der Waals surface area contributed by atoms with E-state index in [-0.39, 0.29) is 23.6 Å². The van der Waals surface area contributed by atoms with E-state index in [1.165, 1.54) is 11.1 Å². The third kappa shape index (κ3) is 4.36. The van der Waals surface area contributed by atoms with E-state index >= 15 is 0 Å². The first-order chi connectivity index (χ1) is 13.5. The molecular formula is C21H24N2O3S2. The average Bonchev–Trinajstić information content (AvgIpc) is 3.17. The van der Waals surface area contributed by atoms with Gasteiger partial charge in [0.05, 0.1) is 30.7 Å². The number of ether oxygens (including phenoxy) is 1. The average molecular weight is 417 g/mol. The van der Waals surface area contributed by atoms with E-state index in [9.17, 15) is 8.42 Å². The van der Waals surface area contributed by atoms with Gasteiger partial charge in [-0.3, -0.25) is 4.99 Å². The largest absolute Gasteiger partial charge is 0.497 e. The molecule has 0 N–H and O–H groups in total. The Kier molecular flexibility index (Phi) is 5.64. The van der Waals surface area contributed by atoms with Crippen LogP contribution in [0.25, 0.3) is 0 Å². The highest BCUT2D eigenvalue weighted by Gasteiger charge is 2.46. The predicted molar refractivity (Wildman–Crippen MR) is 115 cm³/mol. The van der Waals surface area contributed by atoms with Crippen molar-refractivity contribution in [3.63, 3.8) is 0 Å². The Hall–Kier alpha value is -1.99. The summed E-state index contributed by atoms with van der Waals surface area (Å²) in [6, 6.07) is 18.2. The Balaban J connectivity index is 1.46. The molecule has 0 bridgehead atoms. The van der Waals surface area contributed by atoms with Gasteiger partial charge in [-0.1, -0.05) is 54.2 Å². The number of methoxy groups -OCH3 is 1. The number of amidine groups is 1. The van der Waals surface area contributed by atoms with E-state index < -0.39 is 9.84 Å². The van der Waals surface area contributed by atoms with Crippen LogP contribution in [0.2, 0.25) is 0 Å². The van der Waals surface area contributed by atoms with Gasteiger partial charge in [0.15, 0.2) is 15.0 Å². The van der Waals surface area contributed by atoms with Crippen LogP contribution in [-0.2, 0) is 22.0 Å². The molecule has 0 aliphatic carbocycles. The topological polar surface area (TPSA) is 59.0 Å². The van der Waals surface area contributed by atoms with Crippen LogP contribution in [0.3, 0.4) is 0 Å². The molecule has 0 radical (unpaired) electrons. The van der Waals surface area contributed by atoms with Crippen molar-refractivity contribution in [3.05, 3.63) is 65.7 Å². The molecule has 28 heavy (non-hydrogen) atoms. The van der Waals surface area contributed by atoms with Gasteiger partial charge in [-0.05, 0) is 29.7 Å². The van der Waals surface area contributed by atoms with Crippen molar-refractivity contribution in [2.75, 3.05) is 25.2 Å². The molecule has 4 rings (SSSR count). The molecule has 0 unspecified atom stereocenters. The van der Waals surface area contributed by atoms with Crippen molar-refractivity contribution in [1.82, 2.24) is 4.90 Å². The number of aliphatic imine (C=N–C) groups is 1. The van der Waals surface area contributed by atoms with Crippen LogP contribution in [-0.4, -0.2) is 55.7 Å². The molecule has 1 saturated heterocycles. The predicted octanol–water partition coefficient (Wildman–Crippen LogP) is 3.01. The Morgan fingerprint density at radius 1 is 1.07 bits per heavy atom. The van der Waals surface area contributed by atoms with Gasteiger partial charge in [-0.15, -0.1) is 0 Å². The monoisotopic (exact) mass is 416 g/mol. The smallest absolute Gasteiger partial charge is 0.160 e. The molecule has 2 aromatic rings. The Morgan fingerprint density at radius 3 is 2.54 bits per heavy atom. The zero-order valence-corrected chi connectivity index (χ0v) is 17.5. The lowest BCUT2D eigenvalue weighted by atomic mass is 10.1. The van der Waals surface area contributed by atoms with Gasteiger partial charge in [0.25, 0.3) is 0 Å². The number of rotatable bonds is 6. The number of nitrogens with zero attached hydrogens (tertiary/aromatic N) is 2. The number of hydrogen-bond donors (Lipinski definition) is 0. The summed E-state index contributed by atoms with van der Waals surface area (Å²) in [6.07, 6.45) is 0.881. The van der Waals surface area contributed by atoms with Gasteiger partial charge < -0.3 is 9.64 Å². The molecule has 2 aromatic carbocycles. The molecule has 0 saturated carbocycles. The maximum Gasteiger partial charge on any atom is 0.160 e. The molecule has 0 amide bonds. The Labute approximate surface area is 170 Å². The lowest BCUT2D eigenvalue weighted by molar-refractivity contribution is 0.352. The number of benzene rings is 2. The summed E-state index contributed by atoms with van der Waals surface area (Å²) in [5, 5.41) is 0.969. The van der Waals surface area contributed by atoms with Gasteiger partial charge in [0.2, 0.25) is 0 Å². The molecule has 7 heteroatoms. The first-order valence-electron chi connectivity index (χ1n) is 9.38. The van der Waals surface area contributed by atoms with Crippen LogP contribution in [0.15, 0.2) is 59.6 Å². The minimum Gasteiger partial charge on any atom is -0.497 e. The van der Waals surface area contributed by atoms with Crippen LogP contribution in [0.1, 0.15) is 11.1 Å². The fraction of sp³-hybridized carbons (Fsp3) is 0.381. The number of fused-ring (bicyclic) bond motifs is 1. The molecule has 2 aliphatic heterocycles. The lowest BCUT2D eigenvalue weighted by Gasteiger charge is -2.26. The fourth-order valence-corrected chi connectivity index (χ4v) is 6.70. The minimum atomic E-state index is -2.99. The lowest BCUT2D eigenvalue weighted by Crippen LogP contribution is -2.40. The summed E-state index contributed by atoms with van der Waals surface area (Å²) < 4.78 is 29.4. The molecule has 0 aromatic heterocycles. The van der Waals surface area contributed by atoms with Gasteiger partial charge in [0.1, 0.15) is 5.75 Å². The SMILES string of the molecule is COc1ccc(CSC2=N[C@@H]3CS(=O)(=O)C[C@H]3N2CCc2ccccc2)cc1. The summed E-state index contributed by atoms with van der Waals surface area (Å²) in [5.41, 5.74) is 2.45. The van der Waals surface area contributed by atoms with Gasteiger partial charge in [0, 0.05) is 12.3 Å². The van der Waals surface area contributed by atoms with Crippen LogP contribution in [0.4, 0.5) is 0 Å². The van der Waals surface area contributed by atoms with E-state index in [0.29, 0.717) is 0 Å². The molecule has 148 valence electrons. The summed E-state index contributed by atoms with van der Waals surface area (Å²) in [5.74, 6) is 2.03. The van der Waals surface area contributed by atoms with Crippen LogP contribution < -0.4 is 4.74 Å². The highest BCUT2D eigenvalue weighted by molar-refractivity contribution is 8.13. The van der Waals surface area contributed by atoms with Crippen molar-refractivity contribution in [1.29, 1.82) is 0 Å². The summed E-state index contributed by atoms with van der Waals surface area (Å²) in [4.78, 5) is 7.01. The zero-order chi connectivity index (χ0) is 19.6. The maximum atomic E-state index is 12.1. The highest BCUT2D eigenvalue weighted by atomic mass is 32.2. The van der Waals surface area contributed by atoms with Crippen molar-refractivity contribution < 1.29 is 13.2 Å². The Bertz CT molecular complexity index is 943. The van der Waals surface area contributed by atoms with Gasteiger partial charge >= 0.3 is 0 Å². The maximum absolute atomic E-state index is 12.1. The zero-order valence-electron chi connectivity index (χ0n) is 15.8. The van der Waals surface area contributed by atoms with E-state index in [0.717, 1.165) is 29.6 Å². The van der Waals surface area contributed by atoms with E-state index in [2.05, 4.69) is 29.2 Å². The van der Waals surface area contributed by atoms with Crippen molar-refractivity contribution in [2.24, 2.45) is 4.99 Å². The number of thioether (sulfide) groups is 1. The van der Waals surface area contributed by atoms with E-state index in [1.54, 1.807) is 18.9 Å².